The van der Waals surface area contributed by atoms with Crippen LogP contribution in [-0.4, -0.2) is 6.61 Å². The summed E-state index contributed by atoms with van der Waals surface area (Å²) >= 11 is 0. The summed E-state index contributed by atoms with van der Waals surface area (Å²) in [5, 5.41) is 7.70. The maximum absolute atomic E-state index is 10.5. The largest absolute Gasteiger partial charge is 0.198 e. The third-order valence-electron chi connectivity index (χ3n) is 0.291. The highest BCUT2D eigenvalue weighted by molar-refractivity contribution is 4.66. The van der Waals surface area contributed by atoms with Gasteiger partial charge in [-0.1, -0.05) is 0 Å². The quantitative estimate of drug-likeness (QED) is 0.469. The average Bonchev–Trinajstić information content (AvgIpc) is 1.61. The fourth-order valence-corrected chi connectivity index (χ4v) is 0.0842. The molecule has 34 valence electrons. The van der Waals surface area contributed by atoms with Gasteiger partial charge in [0.25, 0.3) is 0 Å². The van der Waals surface area contributed by atoms with Crippen LogP contribution in [0.3, 0.4) is 0 Å². The van der Waals surface area contributed by atoms with E-state index in [-0.39, 0.29) is 13.0 Å². The molecule has 0 aliphatic heterocycles. The molecule has 0 rings (SSSR count). The summed E-state index contributed by atoms with van der Waals surface area (Å²) in [6.07, 6.45) is 0.122. The van der Waals surface area contributed by atoms with E-state index in [1.54, 1.807) is 6.07 Å². The first-order chi connectivity index (χ1) is 2.91. The van der Waals surface area contributed by atoms with Crippen molar-refractivity contribution in [3.63, 3.8) is 0 Å². The van der Waals surface area contributed by atoms with E-state index in [0.717, 1.165) is 0 Å². The minimum atomic E-state index is -0.115. The predicted octanol–water partition coefficient (Wildman–Crippen LogP) is 0.801. The third-order valence-corrected chi connectivity index (χ3v) is 0.291. The monoisotopic (exact) mass is 89.0 g/mol. The lowest BCUT2D eigenvalue weighted by Gasteiger charge is -1.76. The third kappa shape index (κ3) is 3.38. The summed E-state index contributed by atoms with van der Waals surface area (Å²) in [6, 6.07) is 1.70. The normalized spacial score (nSPS) is 7.33. The highest BCUT2D eigenvalue weighted by Crippen LogP contribution is 1.76. The van der Waals surface area contributed by atoms with Crippen molar-refractivity contribution in [2.75, 3.05) is 6.61 Å². The van der Waals surface area contributed by atoms with Gasteiger partial charge in [0.15, 0.2) is 0 Å². The topological polar surface area (TPSA) is 33.0 Å². The molecule has 0 heterocycles. The molecule has 2 nitrogen and oxygen atoms in total. The van der Waals surface area contributed by atoms with Crippen LogP contribution in [0.1, 0.15) is 6.42 Å². The number of hydrogen-bond donors (Lipinski definition) is 0. The summed E-state index contributed by atoms with van der Waals surface area (Å²) in [5.41, 5.74) is 0. The minimum Gasteiger partial charge on any atom is -0.198 e. The van der Waals surface area contributed by atoms with Crippen molar-refractivity contribution in [3.05, 3.63) is 0 Å². The second-order valence-electron chi connectivity index (χ2n) is 0.721. The molecule has 0 aliphatic carbocycles. The van der Waals surface area contributed by atoms with Gasteiger partial charge >= 0.3 is 0 Å². The van der Waals surface area contributed by atoms with Crippen LogP contribution >= 0.6 is 0 Å². The Hall–Kier alpha value is -0.620. The van der Waals surface area contributed by atoms with Crippen LogP contribution in [0.5, 0.6) is 0 Å². The molecule has 0 spiro atoms. The van der Waals surface area contributed by atoms with Crippen LogP contribution in [-0.2, 0) is 4.94 Å². The van der Waals surface area contributed by atoms with Gasteiger partial charge in [-0.15, -0.1) is 0 Å². The molecule has 0 amide bonds. The zero-order valence-electron chi connectivity index (χ0n) is 3.15. The molecule has 0 saturated carbocycles. The molecule has 0 aromatic carbocycles. The van der Waals surface area contributed by atoms with E-state index in [2.05, 4.69) is 4.94 Å². The Morgan fingerprint density at radius 2 is 2.50 bits per heavy atom. The fraction of sp³-hybridized carbons (Fsp3) is 0.667. The summed E-state index contributed by atoms with van der Waals surface area (Å²) in [4.78, 5) is 3.06. The molecule has 0 N–H and O–H groups in total. The van der Waals surface area contributed by atoms with E-state index in [1.807, 2.05) is 0 Å². The van der Waals surface area contributed by atoms with Crippen molar-refractivity contribution >= 4 is 0 Å². The Bertz CT molecular complexity index is 58.3. The van der Waals surface area contributed by atoms with Crippen molar-refractivity contribution in [2.24, 2.45) is 0 Å². The van der Waals surface area contributed by atoms with E-state index >= 15 is 0 Å². The van der Waals surface area contributed by atoms with Gasteiger partial charge in [0.05, 0.1) is 12.5 Å². The van der Waals surface area contributed by atoms with Gasteiger partial charge in [0.1, 0.15) is 6.61 Å². The molecule has 0 unspecified atom stereocenters. The molecule has 0 aromatic rings. The zero-order chi connectivity index (χ0) is 4.83. The predicted molar refractivity (Wildman–Crippen MR) is 17.3 cm³/mol. The zero-order valence-corrected chi connectivity index (χ0v) is 3.15. The molecule has 0 radical (unpaired) electrons. The highest BCUT2D eigenvalue weighted by atomic mass is 19.3. The lowest BCUT2D eigenvalue weighted by molar-refractivity contribution is -0.129. The standard InChI is InChI=1S/C3H4FNO/c4-6-3-1-2-5/h1,3H2. The Labute approximate surface area is 35.0 Å². The van der Waals surface area contributed by atoms with Crippen molar-refractivity contribution in [2.45, 2.75) is 6.42 Å². The molecule has 3 heteroatoms. The van der Waals surface area contributed by atoms with E-state index < -0.39 is 0 Å². The molecule has 0 bridgehead atoms. The lowest BCUT2D eigenvalue weighted by Crippen LogP contribution is -1.78. The first kappa shape index (κ1) is 5.38. The molecular weight excluding hydrogens is 85.0 g/mol. The highest BCUT2D eigenvalue weighted by Gasteiger charge is 1.77. The van der Waals surface area contributed by atoms with Crippen molar-refractivity contribution in [1.82, 2.24) is 0 Å². The summed E-state index contributed by atoms with van der Waals surface area (Å²) in [7, 11) is 0. The molecular formula is C3H4FNO. The van der Waals surface area contributed by atoms with Gasteiger partial charge in [-0.25, -0.2) is 0 Å². The summed E-state index contributed by atoms with van der Waals surface area (Å²) in [6.45, 7) is -0.115. The summed E-state index contributed by atoms with van der Waals surface area (Å²) in [5.74, 6) is 0. The average molecular weight is 89.1 g/mol. The Kier molecular flexibility index (Phi) is 3.93. The number of nitrogens with zero attached hydrogens (tertiary/aromatic N) is 1. The van der Waals surface area contributed by atoms with Crippen LogP contribution in [0, 0.1) is 11.3 Å². The van der Waals surface area contributed by atoms with Gasteiger partial charge in [0, 0.05) is 0 Å². The molecule has 6 heavy (non-hydrogen) atoms. The number of nitriles is 1. The SMILES string of the molecule is N#CCCOF. The van der Waals surface area contributed by atoms with Crippen LogP contribution < -0.4 is 0 Å². The van der Waals surface area contributed by atoms with Gasteiger partial charge in [-0.05, 0) is 4.53 Å². The van der Waals surface area contributed by atoms with Crippen molar-refractivity contribution in [3.8, 4) is 6.07 Å². The molecule has 0 fully saturated rings. The van der Waals surface area contributed by atoms with Crippen LogP contribution in [0.2, 0.25) is 0 Å². The van der Waals surface area contributed by atoms with Crippen LogP contribution in [0.15, 0.2) is 0 Å². The summed E-state index contributed by atoms with van der Waals surface area (Å²) < 4.78 is 10.5. The number of halogens is 1. The number of rotatable bonds is 2. The Morgan fingerprint density at radius 3 is 2.67 bits per heavy atom. The van der Waals surface area contributed by atoms with Gasteiger partial charge < -0.3 is 0 Å². The number of hydrogen-bond acceptors (Lipinski definition) is 2. The first-order valence-corrected chi connectivity index (χ1v) is 1.52. The maximum Gasteiger partial charge on any atom is 0.101 e. The molecule has 0 aliphatic rings. The van der Waals surface area contributed by atoms with E-state index in [4.69, 9.17) is 5.26 Å². The first-order valence-electron chi connectivity index (χ1n) is 1.52. The second-order valence-corrected chi connectivity index (χ2v) is 0.721. The van der Waals surface area contributed by atoms with Crippen molar-refractivity contribution in [1.29, 1.82) is 5.26 Å². The van der Waals surface area contributed by atoms with E-state index in [9.17, 15) is 4.53 Å². The Balaban J connectivity index is 2.54. The van der Waals surface area contributed by atoms with Crippen molar-refractivity contribution < 1.29 is 9.47 Å². The van der Waals surface area contributed by atoms with Gasteiger partial charge in [0.2, 0.25) is 0 Å². The fourth-order valence-electron chi connectivity index (χ4n) is 0.0842. The van der Waals surface area contributed by atoms with E-state index in [1.165, 1.54) is 0 Å². The van der Waals surface area contributed by atoms with Gasteiger partial charge in [-0.3, -0.25) is 0 Å². The van der Waals surface area contributed by atoms with E-state index in [0.29, 0.717) is 0 Å². The van der Waals surface area contributed by atoms with Gasteiger partial charge in [-0.2, -0.15) is 10.2 Å². The molecule has 0 saturated heterocycles. The molecule has 0 aromatic heterocycles. The van der Waals surface area contributed by atoms with Crippen LogP contribution in [0.25, 0.3) is 0 Å². The maximum atomic E-state index is 10.5. The van der Waals surface area contributed by atoms with Crippen LogP contribution in [0.4, 0.5) is 4.53 Å². The smallest absolute Gasteiger partial charge is 0.101 e. The lowest BCUT2D eigenvalue weighted by atomic mass is 10.5. The second kappa shape index (κ2) is 4.38. The Morgan fingerprint density at radius 1 is 1.83 bits per heavy atom. The molecule has 0 atom stereocenters. The minimum absolute atomic E-state index is 0.115.